The molecule has 0 saturated heterocycles. The van der Waals surface area contributed by atoms with Crippen LogP contribution in [0.5, 0.6) is 0 Å². The maximum absolute atomic E-state index is 13.0. The van der Waals surface area contributed by atoms with Gasteiger partial charge >= 0.3 is 5.97 Å². The van der Waals surface area contributed by atoms with E-state index >= 15 is 0 Å². The van der Waals surface area contributed by atoms with Gasteiger partial charge in [-0.25, -0.2) is 0 Å². The molecule has 1 aliphatic rings. The highest BCUT2D eigenvalue weighted by molar-refractivity contribution is 6.00. The average molecular weight is 373 g/mol. The van der Waals surface area contributed by atoms with Gasteiger partial charge in [0.1, 0.15) is 0 Å². The first kappa shape index (κ1) is 18.2. The SMILES string of the molecule is C[C@H](OC(=O)Cc1cccc2ccccc12)C(=O)N1c2ccccc2C[C@H]1C. The number of carbonyl (C=O) groups excluding carboxylic acids is 2. The zero-order chi connectivity index (χ0) is 19.7. The summed E-state index contributed by atoms with van der Waals surface area (Å²) in [7, 11) is 0. The van der Waals surface area contributed by atoms with E-state index in [1.165, 1.54) is 0 Å². The van der Waals surface area contributed by atoms with Crippen molar-refractivity contribution in [2.75, 3.05) is 4.90 Å². The molecule has 0 N–H and O–H groups in total. The van der Waals surface area contributed by atoms with Crippen LogP contribution in [0.1, 0.15) is 25.0 Å². The first-order chi connectivity index (χ1) is 13.5. The summed E-state index contributed by atoms with van der Waals surface area (Å²) in [6.07, 6.45) is 0.139. The number of carbonyl (C=O) groups is 2. The van der Waals surface area contributed by atoms with Crippen LogP contribution in [0.25, 0.3) is 10.8 Å². The lowest BCUT2D eigenvalue weighted by atomic mass is 10.0. The predicted octanol–water partition coefficient (Wildman–Crippen LogP) is 4.29. The van der Waals surface area contributed by atoms with Crippen LogP contribution in [0.15, 0.2) is 66.7 Å². The monoisotopic (exact) mass is 373 g/mol. The third-order valence-corrected chi connectivity index (χ3v) is 5.32. The van der Waals surface area contributed by atoms with Crippen molar-refractivity contribution in [1.82, 2.24) is 0 Å². The van der Waals surface area contributed by atoms with E-state index < -0.39 is 12.1 Å². The number of esters is 1. The number of amides is 1. The first-order valence-corrected chi connectivity index (χ1v) is 9.61. The third kappa shape index (κ3) is 3.38. The molecule has 1 amide bonds. The minimum Gasteiger partial charge on any atom is -0.452 e. The maximum atomic E-state index is 13.0. The number of anilines is 1. The third-order valence-electron chi connectivity index (χ3n) is 5.32. The van der Waals surface area contributed by atoms with Crippen LogP contribution in [0.2, 0.25) is 0 Å². The van der Waals surface area contributed by atoms with Crippen LogP contribution >= 0.6 is 0 Å². The topological polar surface area (TPSA) is 46.6 Å². The molecule has 0 saturated carbocycles. The molecule has 0 unspecified atom stereocenters. The Hall–Kier alpha value is -3.14. The average Bonchev–Trinajstić information content (AvgIpc) is 3.03. The maximum Gasteiger partial charge on any atom is 0.311 e. The molecule has 0 aliphatic carbocycles. The van der Waals surface area contributed by atoms with E-state index in [4.69, 9.17) is 4.74 Å². The second-order valence-electron chi connectivity index (χ2n) is 7.34. The lowest BCUT2D eigenvalue weighted by Crippen LogP contribution is -2.43. The lowest BCUT2D eigenvalue weighted by molar-refractivity contribution is -0.153. The van der Waals surface area contributed by atoms with Crippen LogP contribution in [0.4, 0.5) is 5.69 Å². The molecule has 28 heavy (non-hydrogen) atoms. The second kappa shape index (κ2) is 7.47. The van der Waals surface area contributed by atoms with E-state index in [0.717, 1.165) is 34.0 Å². The molecule has 1 heterocycles. The summed E-state index contributed by atoms with van der Waals surface area (Å²) >= 11 is 0. The Labute approximate surface area is 164 Å². The number of fused-ring (bicyclic) bond motifs is 2. The van der Waals surface area contributed by atoms with Gasteiger partial charge in [-0.3, -0.25) is 9.59 Å². The number of hydrogen-bond acceptors (Lipinski definition) is 3. The lowest BCUT2D eigenvalue weighted by Gasteiger charge is -2.26. The normalized spacial score (nSPS) is 16.6. The molecule has 142 valence electrons. The Morgan fingerprint density at radius 1 is 1.04 bits per heavy atom. The zero-order valence-corrected chi connectivity index (χ0v) is 16.1. The Kier molecular flexibility index (Phi) is 4.86. The quantitative estimate of drug-likeness (QED) is 0.641. The Bertz CT molecular complexity index is 1040. The summed E-state index contributed by atoms with van der Waals surface area (Å²) in [5.41, 5.74) is 2.97. The van der Waals surface area contributed by atoms with Gasteiger partial charge in [-0.15, -0.1) is 0 Å². The summed E-state index contributed by atoms with van der Waals surface area (Å²) < 4.78 is 5.51. The zero-order valence-electron chi connectivity index (χ0n) is 16.1. The van der Waals surface area contributed by atoms with Crippen LogP contribution in [0.3, 0.4) is 0 Å². The van der Waals surface area contributed by atoms with Crippen molar-refractivity contribution in [3.8, 4) is 0 Å². The first-order valence-electron chi connectivity index (χ1n) is 9.61. The summed E-state index contributed by atoms with van der Waals surface area (Å²) in [6.45, 7) is 3.67. The van der Waals surface area contributed by atoms with E-state index in [1.54, 1.807) is 11.8 Å². The highest BCUT2D eigenvalue weighted by Gasteiger charge is 2.34. The number of para-hydroxylation sites is 1. The molecule has 4 heteroatoms. The number of rotatable bonds is 4. The van der Waals surface area contributed by atoms with Crippen LogP contribution in [-0.2, 0) is 27.2 Å². The molecule has 0 spiro atoms. The Morgan fingerprint density at radius 2 is 1.75 bits per heavy atom. The van der Waals surface area contributed by atoms with Gasteiger partial charge in [0, 0.05) is 11.7 Å². The van der Waals surface area contributed by atoms with Crippen molar-refractivity contribution in [2.24, 2.45) is 0 Å². The van der Waals surface area contributed by atoms with Crippen molar-refractivity contribution < 1.29 is 14.3 Å². The molecule has 1 aliphatic heterocycles. The van der Waals surface area contributed by atoms with Crippen molar-refractivity contribution in [3.05, 3.63) is 77.9 Å². The van der Waals surface area contributed by atoms with E-state index in [2.05, 4.69) is 0 Å². The number of hydrogen-bond donors (Lipinski definition) is 0. The summed E-state index contributed by atoms with van der Waals surface area (Å²) in [5.74, 6) is -0.568. The molecule has 0 fully saturated rings. The second-order valence-corrected chi connectivity index (χ2v) is 7.34. The number of nitrogens with zero attached hydrogens (tertiary/aromatic N) is 1. The van der Waals surface area contributed by atoms with Gasteiger partial charge in [-0.1, -0.05) is 60.7 Å². The molecule has 4 rings (SSSR count). The van der Waals surface area contributed by atoms with Gasteiger partial charge in [0.25, 0.3) is 5.91 Å². The van der Waals surface area contributed by atoms with Gasteiger partial charge in [0.05, 0.1) is 6.42 Å². The number of benzene rings is 3. The highest BCUT2D eigenvalue weighted by atomic mass is 16.5. The van der Waals surface area contributed by atoms with Gasteiger partial charge in [-0.05, 0) is 48.2 Å². The van der Waals surface area contributed by atoms with Gasteiger partial charge in [-0.2, -0.15) is 0 Å². The molecular formula is C24H23NO3. The molecule has 3 aromatic rings. The smallest absolute Gasteiger partial charge is 0.311 e. The van der Waals surface area contributed by atoms with E-state index in [0.29, 0.717) is 0 Å². The van der Waals surface area contributed by atoms with Crippen LogP contribution < -0.4 is 4.90 Å². The summed E-state index contributed by atoms with van der Waals surface area (Å²) in [5, 5.41) is 2.11. The van der Waals surface area contributed by atoms with Gasteiger partial charge in [0.2, 0.25) is 0 Å². The minimum absolute atomic E-state index is 0.0594. The minimum atomic E-state index is -0.823. The van der Waals surface area contributed by atoms with Gasteiger partial charge < -0.3 is 9.64 Å². The summed E-state index contributed by atoms with van der Waals surface area (Å²) in [6, 6.07) is 21.8. The molecule has 3 aromatic carbocycles. The molecule has 4 nitrogen and oxygen atoms in total. The molecule has 0 bridgehead atoms. The van der Waals surface area contributed by atoms with Crippen LogP contribution in [-0.4, -0.2) is 24.0 Å². The van der Waals surface area contributed by atoms with Crippen molar-refractivity contribution >= 4 is 28.3 Å². The molecule has 0 radical (unpaired) electrons. The number of ether oxygens (including phenoxy) is 1. The van der Waals surface area contributed by atoms with E-state index in [1.807, 2.05) is 73.7 Å². The fraction of sp³-hybridized carbons (Fsp3) is 0.250. The van der Waals surface area contributed by atoms with E-state index in [-0.39, 0.29) is 18.4 Å². The Balaban J connectivity index is 1.47. The predicted molar refractivity (Wildman–Crippen MR) is 110 cm³/mol. The van der Waals surface area contributed by atoms with Crippen molar-refractivity contribution in [1.29, 1.82) is 0 Å². The fourth-order valence-electron chi connectivity index (χ4n) is 3.99. The van der Waals surface area contributed by atoms with Crippen LogP contribution in [0, 0.1) is 0 Å². The molecular weight excluding hydrogens is 350 g/mol. The van der Waals surface area contributed by atoms with Crippen molar-refractivity contribution in [3.63, 3.8) is 0 Å². The molecule has 2 atom stereocenters. The van der Waals surface area contributed by atoms with Crippen molar-refractivity contribution in [2.45, 2.75) is 38.8 Å². The van der Waals surface area contributed by atoms with Gasteiger partial charge in [0.15, 0.2) is 6.10 Å². The highest BCUT2D eigenvalue weighted by Crippen LogP contribution is 2.32. The Morgan fingerprint density at radius 3 is 2.61 bits per heavy atom. The standard InChI is InChI=1S/C24H23NO3/c1-16-14-20-9-4-6-13-22(20)25(16)24(27)17(2)28-23(26)15-19-11-7-10-18-8-3-5-12-21(18)19/h3-13,16-17H,14-15H2,1-2H3/t16-,17+/m1/s1. The van der Waals surface area contributed by atoms with E-state index in [9.17, 15) is 9.59 Å². The largest absolute Gasteiger partial charge is 0.452 e. The summed E-state index contributed by atoms with van der Waals surface area (Å²) in [4.78, 5) is 27.2. The fourth-order valence-corrected chi connectivity index (χ4v) is 3.99. The molecule has 0 aromatic heterocycles.